The first-order chi connectivity index (χ1) is 9.97. The molecular weight excluding hydrogens is 291 g/mol. The Morgan fingerprint density at radius 1 is 0.952 bits per heavy atom. The zero-order valence-corrected chi connectivity index (χ0v) is 11.8. The van der Waals surface area contributed by atoms with Gasteiger partial charge < -0.3 is 14.2 Å². The average Bonchev–Trinajstić information content (AvgIpc) is 2.47. The first kappa shape index (κ1) is 15.3. The monoisotopic (exact) mass is 304 g/mol. The van der Waals surface area contributed by atoms with Gasteiger partial charge in [-0.1, -0.05) is 42.4 Å². The molecule has 21 heavy (non-hydrogen) atoms. The van der Waals surface area contributed by atoms with E-state index in [1.165, 1.54) is 36.3 Å². The Morgan fingerprint density at radius 2 is 1.57 bits per heavy atom. The molecule has 2 aromatic carbocycles. The lowest BCUT2D eigenvalue weighted by molar-refractivity contribution is 0.424. The third-order valence-corrected chi connectivity index (χ3v) is 3.84. The van der Waals surface area contributed by atoms with E-state index in [2.05, 4.69) is 0 Å². The maximum atomic E-state index is 12.0. The molecule has 0 bridgehead atoms. The minimum absolute atomic E-state index is 0.0809. The highest BCUT2D eigenvalue weighted by molar-refractivity contribution is 7.87. The summed E-state index contributed by atoms with van der Waals surface area (Å²) in [6, 6.07) is 14.0. The summed E-state index contributed by atoms with van der Waals surface area (Å²) in [5.41, 5.74) is 0.688. The number of rotatable bonds is 5. The molecule has 108 valence electrons. The predicted molar refractivity (Wildman–Crippen MR) is 79.9 cm³/mol. The van der Waals surface area contributed by atoms with Gasteiger partial charge in [0.05, 0.1) is 0 Å². The standard InChI is InChI=1S/C14H13BO5S/c16-15(17)11-10-12-6-8-13(9-7-12)20-21(18,19)14-4-2-1-3-5-14/h1-11,16-17H/b11-10+. The summed E-state index contributed by atoms with van der Waals surface area (Å²) in [4.78, 5) is 0.0809. The quantitative estimate of drug-likeness (QED) is 0.645. The molecule has 0 aliphatic carbocycles. The second-order valence-corrected chi connectivity index (χ2v) is 5.74. The normalized spacial score (nSPS) is 11.5. The van der Waals surface area contributed by atoms with E-state index < -0.39 is 17.2 Å². The fourth-order valence-corrected chi connectivity index (χ4v) is 2.54. The maximum Gasteiger partial charge on any atom is 0.480 e. The van der Waals surface area contributed by atoms with Crippen molar-refractivity contribution in [3.8, 4) is 5.75 Å². The minimum atomic E-state index is -3.85. The van der Waals surface area contributed by atoms with Crippen molar-refractivity contribution in [1.29, 1.82) is 0 Å². The summed E-state index contributed by atoms with van der Waals surface area (Å²) in [6.45, 7) is 0. The first-order valence-electron chi connectivity index (χ1n) is 6.11. The van der Waals surface area contributed by atoms with Gasteiger partial charge in [-0.15, -0.1) is 0 Å². The fourth-order valence-electron chi connectivity index (χ4n) is 1.59. The molecule has 2 rings (SSSR count). The van der Waals surface area contributed by atoms with Gasteiger partial charge in [0.2, 0.25) is 0 Å². The highest BCUT2D eigenvalue weighted by Gasteiger charge is 2.15. The van der Waals surface area contributed by atoms with Crippen molar-refractivity contribution in [2.45, 2.75) is 4.90 Å². The molecular formula is C14H13BO5S. The van der Waals surface area contributed by atoms with Gasteiger partial charge in [0.25, 0.3) is 0 Å². The molecule has 0 fully saturated rings. The summed E-state index contributed by atoms with van der Waals surface area (Å²) in [5, 5.41) is 17.4. The van der Waals surface area contributed by atoms with E-state index in [9.17, 15) is 8.42 Å². The topological polar surface area (TPSA) is 83.8 Å². The molecule has 2 aromatic rings. The molecule has 0 saturated heterocycles. The second-order valence-electron chi connectivity index (χ2n) is 4.19. The van der Waals surface area contributed by atoms with Crippen LogP contribution in [0, 0.1) is 0 Å². The van der Waals surface area contributed by atoms with Crippen molar-refractivity contribution in [2.75, 3.05) is 0 Å². The molecule has 0 spiro atoms. The molecule has 0 unspecified atom stereocenters. The van der Waals surface area contributed by atoms with Gasteiger partial charge in [-0.25, -0.2) is 0 Å². The van der Waals surface area contributed by atoms with Gasteiger partial charge in [-0.2, -0.15) is 8.42 Å². The van der Waals surface area contributed by atoms with E-state index in [4.69, 9.17) is 14.2 Å². The van der Waals surface area contributed by atoms with Crippen LogP contribution in [0.5, 0.6) is 5.75 Å². The molecule has 0 aliphatic rings. The van der Waals surface area contributed by atoms with Gasteiger partial charge in [0.1, 0.15) is 10.6 Å². The smallest absolute Gasteiger partial charge is 0.424 e. The molecule has 0 saturated carbocycles. The molecule has 0 atom stereocenters. The molecule has 5 nitrogen and oxygen atoms in total. The van der Waals surface area contributed by atoms with Crippen LogP contribution < -0.4 is 4.18 Å². The van der Waals surface area contributed by atoms with Crippen molar-refractivity contribution in [1.82, 2.24) is 0 Å². The van der Waals surface area contributed by atoms with E-state index >= 15 is 0 Å². The van der Waals surface area contributed by atoms with Gasteiger partial charge in [0, 0.05) is 0 Å². The molecule has 0 amide bonds. The van der Waals surface area contributed by atoms with E-state index in [1.807, 2.05) is 0 Å². The second kappa shape index (κ2) is 6.58. The van der Waals surface area contributed by atoms with Crippen LogP contribution in [0.1, 0.15) is 5.56 Å². The average molecular weight is 304 g/mol. The van der Waals surface area contributed by atoms with Crippen LogP contribution in [0.15, 0.2) is 65.5 Å². The highest BCUT2D eigenvalue weighted by Crippen LogP contribution is 2.19. The zero-order valence-electron chi connectivity index (χ0n) is 11.0. The third-order valence-electron chi connectivity index (χ3n) is 2.58. The predicted octanol–water partition coefficient (Wildman–Crippen LogP) is 1.48. The van der Waals surface area contributed by atoms with Crippen molar-refractivity contribution in [3.05, 3.63) is 66.1 Å². The Labute approximate surface area is 123 Å². The number of hydrogen-bond donors (Lipinski definition) is 2. The molecule has 0 radical (unpaired) electrons. The van der Waals surface area contributed by atoms with Crippen LogP contribution in [0.3, 0.4) is 0 Å². The van der Waals surface area contributed by atoms with Crippen LogP contribution in [-0.4, -0.2) is 25.6 Å². The van der Waals surface area contributed by atoms with Crippen LogP contribution in [-0.2, 0) is 10.1 Å². The lowest BCUT2D eigenvalue weighted by Gasteiger charge is -2.07. The van der Waals surface area contributed by atoms with Crippen LogP contribution in [0.4, 0.5) is 0 Å². The number of benzene rings is 2. The van der Waals surface area contributed by atoms with E-state index in [0.29, 0.717) is 5.56 Å². The van der Waals surface area contributed by atoms with Crippen LogP contribution >= 0.6 is 0 Å². The lowest BCUT2D eigenvalue weighted by atomic mass is 9.91. The molecule has 2 N–H and O–H groups in total. The van der Waals surface area contributed by atoms with Gasteiger partial charge in [0.15, 0.2) is 0 Å². The Morgan fingerprint density at radius 3 is 2.14 bits per heavy atom. The summed E-state index contributed by atoms with van der Waals surface area (Å²) in [5.74, 6) is 1.37. The van der Waals surface area contributed by atoms with E-state index in [0.717, 1.165) is 0 Å². The zero-order chi connectivity index (χ0) is 15.3. The molecule has 7 heteroatoms. The van der Waals surface area contributed by atoms with Gasteiger partial charge in [-0.05, 0) is 29.8 Å². The Hall–Kier alpha value is -2.09. The SMILES string of the molecule is O=S(=O)(Oc1ccc(/C=C/B(O)O)cc1)c1ccccc1. The lowest BCUT2D eigenvalue weighted by Crippen LogP contribution is -2.09. The first-order valence-corrected chi connectivity index (χ1v) is 7.52. The van der Waals surface area contributed by atoms with Crippen molar-refractivity contribution in [3.63, 3.8) is 0 Å². The van der Waals surface area contributed by atoms with Crippen molar-refractivity contribution < 1.29 is 22.6 Å². The highest BCUT2D eigenvalue weighted by atomic mass is 32.2. The summed E-state index contributed by atoms with van der Waals surface area (Å²) in [6.07, 6.45) is 1.50. The molecule has 0 heterocycles. The van der Waals surface area contributed by atoms with E-state index in [-0.39, 0.29) is 10.6 Å². The van der Waals surface area contributed by atoms with Crippen LogP contribution in [0.2, 0.25) is 0 Å². The minimum Gasteiger partial charge on any atom is -0.424 e. The summed E-state index contributed by atoms with van der Waals surface area (Å²) in [7, 11) is -5.38. The third kappa shape index (κ3) is 4.45. The van der Waals surface area contributed by atoms with Gasteiger partial charge in [-0.3, -0.25) is 0 Å². The van der Waals surface area contributed by atoms with Crippen molar-refractivity contribution in [2.24, 2.45) is 0 Å². The van der Waals surface area contributed by atoms with Crippen LogP contribution in [0.25, 0.3) is 6.08 Å². The number of hydrogen-bond acceptors (Lipinski definition) is 5. The largest absolute Gasteiger partial charge is 0.480 e. The maximum absolute atomic E-state index is 12.0. The summed E-state index contributed by atoms with van der Waals surface area (Å²) < 4.78 is 29.0. The Balaban J connectivity index is 2.14. The molecule has 0 aromatic heterocycles. The molecule has 0 aliphatic heterocycles. The van der Waals surface area contributed by atoms with Crippen molar-refractivity contribution >= 4 is 23.3 Å². The summed E-state index contributed by atoms with van der Waals surface area (Å²) >= 11 is 0. The Kier molecular flexibility index (Phi) is 4.79. The van der Waals surface area contributed by atoms with Gasteiger partial charge >= 0.3 is 17.2 Å². The fraction of sp³-hybridized carbons (Fsp3) is 0. The Bertz CT molecular complexity index is 709. The van der Waals surface area contributed by atoms with E-state index in [1.54, 1.807) is 30.3 Å².